The molecule has 1 N–H and O–H groups in total. The maximum absolute atomic E-state index is 13.8. The topological polar surface area (TPSA) is 49.4 Å². The molecule has 3 rings (SSSR count). The molecule has 0 unspecified atom stereocenters. The van der Waals surface area contributed by atoms with E-state index in [0.29, 0.717) is 6.54 Å². The summed E-state index contributed by atoms with van der Waals surface area (Å²) in [5.41, 5.74) is 3.15. The van der Waals surface area contributed by atoms with E-state index in [1.54, 1.807) is 4.90 Å². The molecule has 0 fully saturated rings. The Morgan fingerprint density at radius 2 is 1.38 bits per heavy atom. The Balaban J connectivity index is 1.90. The lowest BCUT2D eigenvalue weighted by Crippen LogP contribution is -2.49. The van der Waals surface area contributed by atoms with Crippen molar-refractivity contribution in [3.8, 4) is 0 Å². The Labute approximate surface area is 211 Å². The number of hydrogen-bond donors (Lipinski definition) is 1. The van der Waals surface area contributed by atoms with Crippen LogP contribution in [0.4, 0.5) is 0 Å². The van der Waals surface area contributed by atoms with Gasteiger partial charge in [0.25, 0.3) is 0 Å². The quantitative estimate of drug-likeness (QED) is 0.340. The molecule has 3 aromatic carbocycles. The second kappa shape index (κ2) is 12.5. The Hall–Kier alpha value is -2.92. The molecule has 0 aliphatic rings. The number of rotatable bonds is 10. The highest BCUT2D eigenvalue weighted by Crippen LogP contribution is 2.29. The molecule has 0 spiro atoms. The van der Waals surface area contributed by atoms with E-state index in [1.165, 1.54) is 0 Å². The summed E-state index contributed by atoms with van der Waals surface area (Å²) in [5.74, 6) is -0.268. The third kappa shape index (κ3) is 7.04. The Morgan fingerprint density at radius 3 is 1.88 bits per heavy atom. The zero-order valence-electron chi connectivity index (χ0n) is 20.1. The van der Waals surface area contributed by atoms with Gasteiger partial charge in [0.05, 0.1) is 0 Å². The van der Waals surface area contributed by atoms with E-state index in [2.05, 4.69) is 45.5 Å². The monoisotopic (exact) mass is 520 g/mol. The molecule has 0 saturated carbocycles. The smallest absolute Gasteiger partial charge is 0.242 e. The Kier molecular flexibility index (Phi) is 9.46. The van der Waals surface area contributed by atoms with Gasteiger partial charge in [-0.15, -0.1) is 0 Å². The van der Waals surface area contributed by atoms with Crippen molar-refractivity contribution in [2.45, 2.75) is 58.2 Å². The van der Waals surface area contributed by atoms with Gasteiger partial charge in [0, 0.05) is 29.4 Å². The second-order valence-electron chi connectivity index (χ2n) is 8.72. The van der Waals surface area contributed by atoms with E-state index >= 15 is 0 Å². The molecule has 0 saturated heterocycles. The van der Waals surface area contributed by atoms with E-state index in [1.807, 2.05) is 81.4 Å². The average Bonchev–Trinajstić information content (AvgIpc) is 2.87. The minimum Gasteiger partial charge on any atom is -0.352 e. The normalized spacial score (nSPS) is 12.7. The number of amides is 2. The standard InChI is InChI=1S/C29H33BrN2O2/c1-4-21(2)31-29(34)22(3)32(20-23-15-17-26(30)18-16-23)28(33)19-27(24-11-7-5-8-12-24)25-13-9-6-10-14-25/h5-18,21-22,27H,4,19-20H2,1-3H3,(H,31,34)/t21-,22-/m0/s1. The van der Waals surface area contributed by atoms with Crippen LogP contribution >= 0.6 is 15.9 Å². The third-order valence-corrected chi connectivity index (χ3v) is 6.75. The van der Waals surface area contributed by atoms with E-state index in [-0.39, 0.29) is 30.2 Å². The van der Waals surface area contributed by atoms with Gasteiger partial charge in [0.15, 0.2) is 0 Å². The molecular weight excluding hydrogens is 488 g/mol. The van der Waals surface area contributed by atoms with Crippen LogP contribution in [-0.4, -0.2) is 28.8 Å². The van der Waals surface area contributed by atoms with Crippen molar-refractivity contribution >= 4 is 27.7 Å². The highest BCUT2D eigenvalue weighted by Gasteiger charge is 2.29. The van der Waals surface area contributed by atoms with Gasteiger partial charge >= 0.3 is 0 Å². The lowest BCUT2D eigenvalue weighted by molar-refractivity contribution is -0.141. The number of benzene rings is 3. The summed E-state index contributed by atoms with van der Waals surface area (Å²) in [4.78, 5) is 28.5. The van der Waals surface area contributed by atoms with Crippen LogP contribution in [0.3, 0.4) is 0 Å². The van der Waals surface area contributed by atoms with Crippen LogP contribution in [0.1, 0.15) is 56.2 Å². The molecule has 0 aliphatic carbocycles. The van der Waals surface area contributed by atoms with Crippen molar-refractivity contribution in [1.82, 2.24) is 10.2 Å². The summed E-state index contributed by atoms with van der Waals surface area (Å²) < 4.78 is 0.977. The molecule has 178 valence electrons. The van der Waals surface area contributed by atoms with E-state index in [0.717, 1.165) is 27.6 Å². The maximum atomic E-state index is 13.8. The number of hydrogen-bond acceptors (Lipinski definition) is 2. The first kappa shape index (κ1) is 25.7. The highest BCUT2D eigenvalue weighted by atomic mass is 79.9. The van der Waals surface area contributed by atoms with Crippen LogP contribution in [0, 0.1) is 0 Å². The summed E-state index contributed by atoms with van der Waals surface area (Å²) in [7, 11) is 0. The molecule has 4 nitrogen and oxygen atoms in total. The fourth-order valence-corrected chi connectivity index (χ4v) is 4.19. The Morgan fingerprint density at radius 1 is 0.853 bits per heavy atom. The number of carbonyl (C=O) groups excluding carboxylic acids is 2. The zero-order valence-corrected chi connectivity index (χ0v) is 21.7. The van der Waals surface area contributed by atoms with E-state index in [4.69, 9.17) is 0 Å². The minimum absolute atomic E-state index is 0.0487. The zero-order chi connectivity index (χ0) is 24.5. The molecule has 0 radical (unpaired) electrons. The first-order valence-electron chi connectivity index (χ1n) is 11.8. The second-order valence-corrected chi connectivity index (χ2v) is 9.64. The minimum atomic E-state index is -0.586. The largest absolute Gasteiger partial charge is 0.352 e. The number of carbonyl (C=O) groups is 2. The molecule has 2 amide bonds. The van der Waals surface area contributed by atoms with E-state index < -0.39 is 6.04 Å². The summed E-state index contributed by atoms with van der Waals surface area (Å²) in [5, 5.41) is 3.04. The molecule has 0 heterocycles. The third-order valence-electron chi connectivity index (χ3n) is 6.22. The molecule has 0 aromatic heterocycles. The lowest BCUT2D eigenvalue weighted by atomic mass is 9.88. The van der Waals surface area contributed by atoms with Gasteiger partial charge in [-0.25, -0.2) is 0 Å². The number of nitrogens with one attached hydrogen (secondary N) is 1. The first-order chi connectivity index (χ1) is 16.4. The Bertz CT molecular complexity index is 1020. The van der Waals surface area contributed by atoms with Crippen molar-refractivity contribution in [2.75, 3.05) is 0 Å². The average molecular weight is 521 g/mol. The first-order valence-corrected chi connectivity index (χ1v) is 12.6. The predicted octanol–water partition coefficient (Wildman–Crippen LogP) is 6.30. The van der Waals surface area contributed by atoms with Crippen molar-refractivity contribution in [2.24, 2.45) is 0 Å². The van der Waals surface area contributed by atoms with Crippen molar-refractivity contribution in [3.05, 3.63) is 106 Å². The van der Waals surface area contributed by atoms with Crippen LogP contribution in [-0.2, 0) is 16.1 Å². The summed E-state index contributed by atoms with van der Waals surface area (Å²) >= 11 is 3.47. The van der Waals surface area contributed by atoms with Gasteiger partial charge in [-0.05, 0) is 49.1 Å². The fourth-order valence-electron chi connectivity index (χ4n) is 3.93. The van der Waals surface area contributed by atoms with Crippen LogP contribution in [0.15, 0.2) is 89.4 Å². The summed E-state index contributed by atoms with van der Waals surface area (Å²) in [6.45, 7) is 6.20. The van der Waals surface area contributed by atoms with Gasteiger partial charge in [0.1, 0.15) is 6.04 Å². The van der Waals surface area contributed by atoms with Crippen LogP contribution in [0.5, 0.6) is 0 Å². The molecule has 2 atom stereocenters. The SMILES string of the molecule is CC[C@H](C)NC(=O)[C@H](C)N(Cc1ccc(Br)cc1)C(=O)CC(c1ccccc1)c1ccccc1. The van der Waals surface area contributed by atoms with Gasteiger partial charge in [-0.3, -0.25) is 9.59 Å². The maximum Gasteiger partial charge on any atom is 0.242 e. The fraction of sp³-hybridized carbons (Fsp3) is 0.310. The molecule has 0 bridgehead atoms. The van der Waals surface area contributed by atoms with Gasteiger partial charge in [0.2, 0.25) is 11.8 Å². The number of halogens is 1. The molecule has 0 aliphatic heterocycles. The van der Waals surface area contributed by atoms with Crippen molar-refractivity contribution < 1.29 is 9.59 Å². The summed E-state index contributed by atoms with van der Waals surface area (Å²) in [6.07, 6.45) is 1.12. The van der Waals surface area contributed by atoms with Crippen molar-refractivity contribution in [1.29, 1.82) is 0 Å². The molecule has 3 aromatic rings. The van der Waals surface area contributed by atoms with Gasteiger partial charge in [-0.1, -0.05) is 95.7 Å². The van der Waals surface area contributed by atoms with Gasteiger partial charge in [-0.2, -0.15) is 0 Å². The lowest BCUT2D eigenvalue weighted by Gasteiger charge is -2.31. The number of nitrogens with zero attached hydrogens (tertiary/aromatic N) is 1. The summed E-state index contributed by atoms with van der Waals surface area (Å²) in [6, 6.07) is 27.5. The van der Waals surface area contributed by atoms with Gasteiger partial charge < -0.3 is 10.2 Å². The van der Waals surface area contributed by atoms with Crippen LogP contribution in [0.2, 0.25) is 0 Å². The van der Waals surface area contributed by atoms with E-state index in [9.17, 15) is 9.59 Å². The van der Waals surface area contributed by atoms with Crippen LogP contribution < -0.4 is 5.32 Å². The van der Waals surface area contributed by atoms with Crippen molar-refractivity contribution in [3.63, 3.8) is 0 Å². The molecule has 5 heteroatoms. The molecular formula is C29H33BrN2O2. The van der Waals surface area contributed by atoms with Crippen LogP contribution in [0.25, 0.3) is 0 Å². The molecule has 34 heavy (non-hydrogen) atoms. The predicted molar refractivity (Wildman–Crippen MR) is 141 cm³/mol. The highest BCUT2D eigenvalue weighted by molar-refractivity contribution is 9.10.